The van der Waals surface area contributed by atoms with Gasteiger partial charge in [0.15, 0.2) is 17.3 Å². The van der Waals surface area contributed by atoms with Gasteiger partial charge in [-0.15, -0.1) is 10.2 Å². The Morgan fingerprint density at radius 1 is 1.12 bits per heavy atom. The van der Waals surface area contributed by atoms with E-state index in [4.69, 9.17) is 21.1 Å². The number of ether oxygens (including phenoxy) is 2. The first-order valence-corrected chi connectivity index (χ1v) is 12.3. The number of nitrogens with zero attached hydrogens (tertiary/aromatic N) is 3. The lowest BCUT2D eigenvalue weighted by Gasteiger charge is -2.16. The summed E-state index contributed by atoms with van der Waals surface area (Å²) in [5.74, 6) is 2.52. The molecule has 1 aliphatic heterocycles. The first-order chi connectivity index (χ1) is 16.5. The van der Waals surface area contributed by atoms with Gasteiger partial charge in [0.2, 0.25) is 0 Å². The molecule has 0 spiro atoms. The quantitative estimate of drug-likeness (QED) is 0.421. The number of aryl methyl sites for hydroxylation is 2. The van der Waals surface area contributed by atoms with Gasteiger partial charge in [-0.25, -0.2) is 0 Å². The molecular weight excluding hydrogens is 452 g/mol. The average Bonchev–Trinajstić information content (AvgIpc) is 3.08. The maximum absolute atomic E-state index is 13.2. The maximum Gasteiger partial charge on any atom is 0.255 e. The summed E-state index contributed by atoms with van der Waals surface area (Å²) >= 11 is 6.45. The fourth-order valence-corrected chi connectivity index (χ4v) is 4.36. The predicted octanol–water partition coefficient (Wildman–Crippen LogP) is 6.07. The molecule has 8 heteroatoms. The van der Waals surface area contributed by atoms with Crippen LogP contribution in [-0.2, 0) is 13.0 Å². The van der Waals surface area contributed by atoms with E-state index in [1.165, 1.54) is 6.42 Å². The smallest absolute Gasteiger partial charge is 0.255 e. The fraction of sp³-hybridized carbons (Fsp3) is 0.423. The normalized spacial score (nSPS) is 13.2. The van der Waals surface area contributed by atoms with Gasteiger partial charge in [-0.2, -0.15) is 0 Å². The third-order valence-corrected chi connectivity index (χ3v) is 6.16. The summed E-state index contributed by atoms with van der Waals surface area (Å²) in [4.78, 5) is 13.2. The van der Waals surface area contributed by atoms with Gasteiger partial charge in [-0.05, 0) is 56.9 Å². The number of carbonyl (C=O) groups is 1. The van der Waals surface area contributed by atoms with Crippen molar-refractivity contribution in [1.82, 2.24) is 14.8 Å². The average molecular weight is 483 g/mol. The summed E-state index contributed by atoms with van der Waals surface area (Å²) < 4.78 is 13.7. The largest absolute Gasteiger partial charge is 0.490 e. The number of amides is 1. The first-order valence-electron chi connectivity index (χ1n) is 11.9. The molecule has 0 aliphatic carbocycles. The first kappa shape index (κ1) is 24.1. The molecule has 0 radical (unpaired) electrons. The number of anilines is 1. The highest BCUT2D eigenvalue weighted by Gasteiger charge is 2.19. The topological polar surface area (TPSA) is 78.3 Å². The monoisotopic (exact) mass is 482 g/mol. The Balaban J connectivity index is 1.61. The highest BCUT2D eigenvalue weighted by molar-refractivity contribution is 6.32. The third-order valence-electron chi connectivity index (χ3n) is 5.88. The van der Waals surface area contributed by atoms with Gasteiger partial charge in [-0.3, -0.25) is 4.79 Å². The molecule has 1 amide bonds. The fourth-order valence-electron chi connectivity index (χ4n) is 4.10. The van der Waals surface area contributed by atoms with Gasteiger partial charge >= 0.3 is 0 Å². The second kappa shape index (κ2) is 10.9. The molecule has 2 aromatic carbocycles. The molecule has 7 nitrogen and oxygen atoms in total. The molecule has 0 bridgehead atoms. The van der Waals surface area contributed by atoms with Crippen LogP contribution >= 0.6 is 11.6 Å². The summed E-state index contributed by atoms with van der Waals surface area (Å²) in [7, 11) is 0. The summed E-state index contributed by atoms with van der Waals surface area (Å²) in [5.41, 5.74) is 3.00. The zero-order valence-electron chi connectivity index (χ0n) is 20.0. The van der Waals surface area contributed by atoms with Crippen molar-refractivity contribution < 1.29 is 14.3 Å². The van der Waals surface area contributed by atoms with Gasteiger partial charge in [0.25, 0.3) is 5.91 Å². The van der Waals surface area contributed by atoms with E-state index >= 15 is 0 Å². The lowest BCUT2D eigenvalue weighted by molar-refractivity contribution is 0.102. The zero-order chi connectivity index (χ0) is 24.1. The second-order valence-corrected chi connectivity index (χ2v) is 8.86. The van der Waals surface area contributed by atoms with E-state index in [-0.39, 0.29) is 5.91 Å². The van der Waals surface area contributed by atoms with Crippen LogP contribution in [0, 0.1) is 6.92 Å². The van der Waals surface area contributed by atoms with Crippen LogP contribution in [0.3, 0.4) is 0 Å². The Morgan fingerprint density at radius 3 is 2.76 bits per heavy atom. The number of nitrogens with one attached hydrogen (secondary N) is 1. The number of fused-ring (bicyclic) bond motifs is 1. The van der Waals surface area contributed by atoms with Crippen LogP contribution < -0.4 is 14.8 Å². The van der Waals surface area contributed by atoms with Crippen LogP contribution in [0.4, 0.5) is 5.69 Å². The predicted molar refractivity (Wildman–Crippen MR) is 134 cm³/mol. The highest BCUT2D eigenvalue weighted by Crippen LogP contribution is 2.37. The van der Waals surface area contributed by atoms with Crippen LogP contribution in [0.15, 0.2) is 30.3 Å². The van der Waals surface area contributed by atoms with Crippen molar-refractivity contribution in [3.63, 3.8) is 0 Å². The number of hydrogen-bond donors (Lipinski definition) is 1. The Hall–Kier alpha value is -3.06. The van der Waals surface area contributed by atoms with Crippen molar-refractivity contribution in [2.24, 2.45) is 0 Å². The van der Waals surface area contributed by atoms with Gasteiger partial charge in [0, 0.05) is 29.8 Å². The molecule has 1 aliphatic rings. The lowest BCUT2D eigenvalue weighted by atomic mass is 10.1. The van der Waals surface area contributed by atoms with Gasteiger partial charge in [0.1, 0.15) is 5.82 Å². The molecule has 0 saturated carbocycles. The molecule has 34 heavy (non-hydrogen) atoms. The van der Waals surface area contributed by atoms with Crippen LogP contribution in [0.25, 0.3) is 11.4 Å². The summed E-state index contributed by atoms with van der Waals surface area (Å²) in [5, 5.41) is 12.2. The molecule has 3 aromatic rings. The number of halogens is 1. The van der Waals surface area contributed by atoms with Crippen LogP contribution in [0.1, 0.15) is 61.3 Å². The third kappa shape index (κ3) is 5.20. The van der Waals surface area contributed by atoms with Gasteiger partial charge in [0.05, 0.1) is 18.2 Å². The van der Waals surface area contributed by atoms with Crippen molar-refractivity contribution in [2.75, 3.05) is 18.5 Å². The number of hydrogen-bond acceptors (Lipinski definition) is 5. The Morgan fingerprint density at radius 2 is 1.97 bits per heavy atom. The maximum atomic E-state index is 13.2. The summed E-state index contributed by atoms with van der Waals surface area (Å²) in [6.07, 6.45) is 5.25. The molecule has 0 atom stereocenters. The molecule has 0 unspecified atom stereocenters. The lowest BCUT2D eigenvalue weighted by Crippen LogP contribution is -2.14. The highest BCUT2D eigenvalue weighted by atomic mass is 35.5. The standard InChI is InChI=1S/C26H31ClN4O3/c1-4-13-34-24-20(27)14-19(16-22(24)33-5-2)26(32)28-21-15-18(11-10-17(21)3)25-30-29-23-9-7-6-8-12-31(23)25/h10-11,14-16H,4-9,12-13H2,1-3H3,(H,28,32). The minimum Gasteiger partial charge on any atom is -0.490 e. The number of rotatable bonds is 8. The zero-order valence-corrected chi connectivity index (χ0v) is 20.7. The minimum atomic E-state index is -0.273. The number of benzene rings is 2. The molecular formula is C26H31ClN4O3. The van der Waals surface area contributed by atoms with E-state index in [0.29, 0.717) is 41.0 Å². The van der Waals surface area contributed by atoms with Crippen LogP contribution in [0.5, 0.6) is 11.5 Å². The molecule has 4 rings (SSSR count). The van der Waals surface area contributed by atoms with E-state index in [2.05, 4.69) is 20.1 Å². The van der Waals surface area contributed by atoms with Crippen molar-refractivity contribution in [2.45, 2.75) is 59.4 Å². The van der Waals surface area contributed by atoms with E-state index in [0.717, 1.165) is 55.0 Å². The van der Waals surface area contributed by atoms with E-state index in [1.807, 2.05) is 39.0 Å². The van der Waals surface area contributed by atoms with E-state index < -0.39 is 0 Å². The Bertz CT molecular complexity index is 1180. The van der Waals surface area contributed by atoms with Crippen LogP contribution in [0.2, 0.25) is 5.02 Å². The molecule has 0 saturated heterocycles. The Kier molecular flexibility index (Phi) is 7.73. The summed E-state index contributed by atoms with van der Waals surface area (Å²) in [6, 6.07) is 9.26. The SMILES string of the molecule is CCCOc1c(Cl)cc(C(=O)Nc2cc(-c3nnc4n3CCCCC4)ccc2C)cc1OCC. The minimum absolute atomic E-state index is 0.273. The Labute approximate surface area is 205 Å². The van der Waals surface area contributed by atoms with E-state index in [9.17, 15) is 4.79 Å². The van der Waals surface area contributed by atoms with Crippen molar-refractivity contribution in [3.8, 4) is 22.9 Å². The van der Waals surface area contributed by atoms with E-state index in [1.54, 1.807) is 12.1 Å². The number of aromatic nitrogens is 3. The molecule has 2 heterocycles. The van der Waals surface area contributed by atoms with Gasteiger partial charge < -0.3 is 19.4 Å². The molecule has 1 aromatic heterocycles. The second-order valence-electron chi connectivity index (χ2n) is 8.45. The van der Waals surface area contributed by atoms with Crippen molar-refractivity contribution in [1.29, 1.82) is 0 Å². The summed E-state index contributed by atoms with van der Waals surface area (Å²) in [6.45, 7) is 7.73. The van der Waals surface area contributed by atoms with Crippen molar-refractivity contribution >= 4 is 23.2 Å². The van der Waals surface area contributed by atoms with Crippen molar-refractivity contribution in [3.05, 3.63) is 52.3 Å². The molecule has 180 valence electrons. The van der Waals surface area contributed by atoms with Gasteiger partial charge in [-0.1, -0.05) is 37.1 Å². The molecule has 0 fully saturated rings. The van der Waals surface area contributed by atoms with Crippen LogP contribution in [-0.4, -0.2) is 33.9 Å². The number of carbonyl (C=O) groups excluding carboxylic acids is 1. The molecule has 1 N–H and O–H groups in total.